The molecule has 1 saturated heterocycles. The number of nitrogens with one attached hydrogen (secondary N) is 1. The second-order valence-electron chi connectivity index (χ2n) is 4.40. The molecule has 1 aromatic carbocycles. The first-order chi connectivity index (χ1) is 8.72. The Bertz CT molecular complexity index is 406. The number of ether oxygens (including phenoxy) is 1. The van der Waals surface area contributed by atoms with E-state index in [0.717, 1.165) is 44.4 Å². The molecular formula is C13H18F2N2O. The van der Waals surface area contributed by atoms with Gasteiger partial charge in [-0.1, -0.05) is 6.07 Å². The standard InChI is InChI=1S/C13H18F2N2O/c1-18-13-10(2-3-11(14)12(13)15)4-7-17-8-5-16-6-9-17/h2-3,16H,4-9H2,1H3. The molecule has 3 nitrogen and oxygen atoms in total. The third-order valence-electron chi connectivity index (χ3n) is 3.24. The number of benzene rings is 1. The molecule has 0 bridgehead atoms. The van der Waals surface area contributed by atoms with Crippen LogP contribution in [0.4, 0.5) is 8.78 Å². The van der Waals surface area contributed by atoms with Gasteiger partial charge in [-0.2, -0.15) is 4.39 Å². The average molecular weight is 256 g/mol. The normalized spacial score (nSPS) is 16.8. The van der Waals surface area contributed by atoms with Gasteiger partial charge in [0.1, 0.15) is 0 Å². The van der Waals surface area contributed by atoms with E-state index in [0.29, 0.717) is 6.42 Å². The van der Waals surface area contributed by atoms with E-state index in [-0.39, 0.29) is 5.75 Å². The summed E-state index contributed by atoms with van der Waals surface area (Å²) < 4.78 is 31.5. The predicted octanol–water partition coefficient (Wildman–Crippen LogP) is 1.42. The minimum Gasteiger partial charge on any atom is -0.493 e. The van der Waals surface area contributed by atoms with Gasteiger partial charge in [-0.25, -0.2) is 4.39 Å². The maximum absolute atomic E-state index is 13.5. The predicted molar refractivity (Wildman–Crippen MR) is 65.9 cm³/mol. The molecule has 18 heavy (non-hydrogen) atoms. The van der Waals surface area contributed by atoms with E-state index in [1.54, 1.807) is 6.07 Å². The summed E-state index contributed by atoms with van der Waals surface area (Å²) in [5.41, 5.74) is 0.718. The molecule has 1 aliphatic heterocycles. The van der Waals surface area contributed by atoms with Gasteiger partial charge >= 0.3 is 0 Å². The molecule has 1 heterocycles. The smallest absolute Gasteiger partial charge is 0.200 e. The molecule has 0 atom stereocenters. The van der Waals surface area contributed by atoms with Crippen LogP contribution in [-0.4, -0.2) is 44.7 Å². The van der Waals surface area contributed by atoms with E-state index in [2.05, 4.69) is 10.2 Å². The van der Waals surface area contributed by atoms with Gasteiger partial charge in [-0.15, -0.1) is 0 Å². The van der Waals surface area contributed by atoms with Gasteiger partial charge in [0.05, 0.1) is 7.11 Å². The Morgan fingerprint density at radius 2 is 2.00 bits per heavy atom. The summed E-state index contributed by atoms with van der Waals surface area (Å²) in [5, 5.41) is 3.28. The van der Waals surface area contributed by atoms with Crippen LogP contribution in [0.1, 0.15) is 5.56 Å². The maximum Gasteiger partial charge on any atom is 0.200 e. The van der Waals surface area contributed by atoms with Gasteiger partial charge in [0.2, 0.25) is 5.82 Å². The van der Waals surface area contributed by atoms with Gasteiger partial charge in [-0.3, -0.25) is 0 Å². The molecule has 5 heteroatoms. The number of piperazine rings is 1. The maximum atomic E-state index is 13.5. The van der Waals surface area contributed by atoms with E-state index in [1.165, 1.54) is 7.11 Å². The number of nitrogens with zero attached hydrogens (tertiary/aromatic N) is 1. The van der Waals surface area contributed by atoms with Crippen molar-refractivity contribution >= 4 is 0 Å². The average Bonchev–Trinajstić information content (AvgIpc) is 2.41. The first kappa shape index (κ1) is 13.2. The molecule has 0 radical (unpaired) electrons. The fraction of sp³-hybridized carbons (Fsp3) is 0.538. The highest BCUT2D eigenvalue weighted by Crippen LogP contribution is 2.25. The fourth-order valence-electron chi connectivity index (χ4n) is 2.20. The molecule has 1 N–H and O–H groups in total. The number of hydrogen-bond acceptors (Lipinski definition) is 3. The van der Waals surface area contributed by atoms with Crippen LogP contribution in [0.3, 0.4) is 0 Å². The third-order valence-corrected chi connectivity index (χ3v) is 3.24. The lowest BCUT2D eigenvalue weighted by Crippen LogP contribution is -2.44. The summed E-state index contributed by atoms with van der Waals surface area (Å²) in [6.07, 6.45) is 0.667. The molecule has 0 unspecified atom stereocenters. The Labute approximate surface area is 106 Å². The Morgan fingerprint density at radius 1 is 1.28 bits per heavy atom. The van der Waals surface area contributed by atoms with E-state index < -0.39 is 11.6 Å². The van der Waals surface area contributed by atoms with Crippen molar-refractivity contribution in [2.75, 3.05) is 39.8 Å². The van der Waals surface area contributed by atoms with Crippen molar-refractivity contribution in [1.29, 1.82) is 0 Å². The van der Waals surface area contributed by atoms with Crippen LogP contribution < -0.4 is 10.1 Å². The van der Waals surface area contributed by atoms with Crippen LogP contribution >= 0.6 is 0 Å². The van der Waals surface area contributed by atoms with Crippen molar-refractivity contribution in [2.45, 2.75) is 6.42 Å². The molecule has 0 aromatic heterocycles. The summed E-state index contributed by atoms with van der Waals surface area (Å²) in [6.45, 7) is 4.78. The molecular weight excluding hydrogens is 238 g/mol. The number of rotatable bonds is 4. The number of halogens is 2. The molecule has 1 aromatic rings. The van der Waals surface area contributed by atoms with Crippen molar-refractivity contribution in [2.24, 2.45) is 0 Å². The lowest BCUT2D eigenvalue weighted by Gasteiger charge is -2.27. The Hall–Kier alpha value is -1.20. The summed E-state index contributed by atoms with van der Waals surface area (Å²) in [6, 6.07) is 2.75. The Morgan fingerprint density at radius 3 is 2.67 bits per heavy atom. The van der Waals surface area contributed by atoms with Crippen LogP contribution in [0.15, 0.2) is 12.1 Å². The minimum atomic E-state index is -0.893. The molecule has 1 aliphatic rings. The van der Waals surface area contributed by atoms with E-state index in [9.17, 15) is 8.78 Å². The third kappa shape index (κ3) is 2.97. The highest BCUT2D eigenvalue weighted by Gasteiger charge is 2.15. The SMILES string of the molecule is COc1c(CCN2CCNCC2)ccc(F)c1F. The number of methoxy groups -OCH3 is 1. The van der Waals surface area contributed by atoms with Crippen molar-refractivity contribution in [3.8, 4) is 5.75 Å². The molecule has 1 fully saturated rings. The fourth-order valence-corrected chi connectivity index (χ4v) is 2.20. The molecule has 0 saturated carbocycles. The highest BCUT2D eigenvalue weighted by atomic mass is 19.2. The van der Waals surface area contributed by atoms with Crippen LogP contribution in [-0.2, 0) is 6.42 Å². The molecule has 0 spiro atoms. The topological polar surface area (TPSA) is 24.5 Å². The van der Waals surface area contributed by atoms with Gasteiger partial charge in [0.15, 0.2) is 11.6 Å². The van der Waals surface area contributed by atoms with Crippen molar-refractivity contribution < 1.29 is 13.5 Å². The molecule has 100 valence electrons. The second-order valence-corrected chi connectivity index (χ2v) is 4.40. The monoisotopic (exact) mass is 256 g/mol. The van der Waals surface area contributed by atoms with E-state index in [4.69, 9.17) is 4.74 Å². The quantitative estimate of drug-likeness (QED) is 0.882. The summed E-state index contributed by atoms with van der Waals surface area (Å²) in [4.78, 5) is 2.30. The lowest BCUT2D eigenvalue weighted by atomic mass is 10.1. The van der Waals surface area contributed by atoms with Gasteiger partial charge in [0.25, 0.3) is 0 Å². The first-order valence-electron chi connectivity index (χ1n) is 6.16. The van der Waals surface area contributed by atoms with Crippen molar-refractivity contribution in [3.63, 3.8) is 0 Å². The largest absolute Gasteiger partial charge is 0.493 e. The van der Waals surface area contributed by atoms with E-state index in [1.807, 2.05) is 0 Å². The van der Waals surface area contributed by atoms with Gasteiger partial charge in [0, 0.05) is 32.7 Å². The summed E-state index contributed by atoms with van der Waals surface area (Å²) >= 11 is 0. The zero-order valence-corrected chi connectivity index (χ0v) is 10.5. The van der Waals surface area contributed by atoms with Crippen LogP contribution in [0, 0.1) is 11.6 Å². The second kappa shape index (κ2) is 6.11. The Balaban J connectivity index is 2.02. The molecule has 2 rings (SSSR count). The van der Waals surface area contributed by atoms with Crippen LogP contribution in [0.2, 0.25) is 0 Å². The number of hydrogen-bond donors (Lipinski definition) is 1. The van der Waals surface area contributed by atoms with Crippen LogP contribution in [0.25, 0.3) is 0 Å². The van der Waals surface area contributed by atoms with Crippen LogP contribution in [0.5, 0.6) is 5.75 Å². The summed E-state index contributed by atoms with van der Waals surface area (Å²) in [5.74, 6) is -1.72. The summed E-state index contributed by atoms with van der Waals surface area (Å²) in [7, 11) is 1.37. The minimum absolute atomic E-state index is 0.0325. The highest BCUT2D eigenvalue weighted by molar-refractivity contribution is 5.36. The van der Waals surface area contributed by atoms with Crippen molar-refractivity contribution in [1.82, 2.24) is 10.2 Å². The lowest BCUT2D eigenvalue weighted by molar-refractivity contribution is 0.242. The van der Waals surface area contributed by atoms with Gasteiger partial charge < -0.3 is 15.0 Å². The van der Waals surface area contributed by atoms with E-state index >= 15 is 0 Å². The first-order valence-corrected chi connectivity index (χ1v) is 6.16. The molecule has 0 amide bonds. The zero-order chi connectivity index (χ0) is 13.0. The Kier molecular flexibility index (Phi) is 4.49. The zero-order valence-electron chi connectivity index (χ0n) is 10.5. The molecule has 0 aliphatic carbocycles. The van der Waals surface area contributed by atoms with Gasteiger partial charge in [-0.05, 0) is 18.1 Å². The van der Waals surface area contributed by atoms with Crippen molar-refractivity contribution in [3.05, 3.63) is 29.3 Å².